The monoisotopic (exact) mass is 468 g/mol. The molecule has 2 aliphatic rings. The number of furan rings is 1. The lowest BCUT2D eigenvalue weighted by Gasteiger charge is -2.44. The van der Waals surface area contributed by atoms with Crippen LogP contribution in [0.3, 0.4) is 0 Å². The summed E-state index contributed by atoms with van der Waals surface area (Å²) in [6.45, 7) is 7.35. The van der Waals surface area contributed by atoms with Crippen LogP contribution in [-0.4, -0.2) is 64.0 Å². The van der Waals surface area contributed by atoms with Crippen molar-refractivity contribution in [3.8, 4) is 0 Å². The highest BCUT2D eigenvalue weighted by Crippen LogP contribution is 2.39. The van der Waals surface area contributed by atoms with Crippen molar-refractivity contribution in [1.29, 1.82) is 0 Å². The minimum Gasteiger partial charge on any atom is -0.459 e. The van der Waals surface area contributed by atoms with Gasteiger partial charge >= 0.3 is 0 Å². The molecule has 3 amide bonds. The number of nitrogens with zero attached hydrogens (tertiary/aromatic N) is 3. The molecule has 1 spiro atoms. The highest BCUT2D eigenvalue weighted by atomic mass is 16.5. The van der Waals surface area contributed by atoms with E-state index in [1.807, 2.05) is 43.9 Å². The second-order valence-corrected chi connectivity index (χ2v) is 10.1. The van der Waals surface area contributed by atoms with Crippen LogP contribution in [0.25, 0.3) is 0 Å². The van der Waals surface area contributed by atoms with Gasteiger partial charge in [0.2, 0.25) is 11.8 Å². The van der Waals surface area contributed by atoms with Crippen LogP contribution in [0, 0.1) is 5.41 Å². The Morgan fingerprint density at radius 1 is 1.15 bits per heavy atom. The summed E-state index contributed by atoms with van der Waals surface area (Å²) in [5.41, 5.74) is -0.345. The van der Waals surface area contributed by atoms with Crippen LogP contribution in [0.2, 0.25) is 0 Å². The van der Waals surface area contributed by atoms with Gasteiger partial charge in [0.1, 0.15) is 11.8 Å². The maximum atomic E-state index is 13.5. The van der Waals surface area contributed by atoms with E-state index in [0.717, 1.165) is 5.69 Å². The number of hydrogen-bond donors (Lipinski definition) is 1. The standard InChI is InChI=1S/C25H32N4O5/c1-24(2,3)15-21(30)28-12-9-25(10-13-28)29(23(32)20-8-6-14-33-20)19(17-34-25)22(31)27-16-18-7-4-5-11-26-18/h4-8,11,14,19H,9-10,12-13,15-17H2,1-3H3,(H,27,31). The van der Waals surface area contributed by atoms with Gasteiger partial charge in [-0.25, -0.2) is 0 Å². The minimum atomic E-state index is -0.963. The molecular weight excluding hydrogens is 436 g/mol. The summed E-state index contributed by atoms with van der Waals surface area (Å²) < 4.78 is 11.5. The van der Waals surface area contributed by atoms with E-state index < -0.39 is 17.7 Å². The number of ether oxygens (including phenoxy) is 1. The molecule has 4 heterocycles. The minimum absolute atomic E-state index is 0.0798. The van der Waals surface area contributed by atoms with Crippen LogP contribution >= 0.6 is 0 Å². The van der Waals surface area contributed by atoms with Crippen LogP contribution in [0.15, 0.2) is 47.2 Å². The number of amides is 3. The smallest absolute Gasteiger partial charge is 0.292 e. The molecule has 2 aliphatic heterocycles. The Bertz CT molecular complexity index is 1010. The number of rotatable bonds is 5. The first-order chi connectivity index (χ1) is 16.2. The van der Waals surface area contributed by atoms with E-state index in [4.69, 9.17) is 9.15 Å². The highest BCUT2D eigenvalue weighted by molar-refractivity contribution is 5.96. The average Bonchev–Trinajstić information content (AvgIpc) is 3.46. The van der Waals surface area contributed by atoms with Gasteiger partial charge < -0.3 is 19.4 Å². The van der Waals surface area contributed by atoms with Gasteiger partial charge in [0.25, 0.3) is 5.91 Å². The Morgan fingerprint density at radius 3 is 2.53 bits per heavy atom. The van der Waals surface area contributed by atoms with Crippen LogP contribution in [0.5, 0.6) is 0 Å². The molecule has 2 aromatic heterocycles. The van der Waals surface area contributed by atoms with Crippen molar-refractivity contribution in [2.75, 3.05) is 19.7 Å². The summed E-state index contributed by atoms with van der Waals surface area (Å²) in [6, 6.07) is 7.90. The molecule has 1 atom stereocenters. The van der Waals surface area contributed by atoms with Crippen molar-refractivity contribution >= 4 is 17.7 Å². The lowest BCUT2D eigenvalue weighted by Crippen LogP contribution is -2.59. The van der Waals surface area contributed by atoms with Crippen molar-refractivity contribution in [1.82, 2.24) is 20.1 Å². The van der Waals surface area contributed by atoms with Gasteiger partial charge in [0, 0.05) is 38.5 Å². The van der Waals surface area contributed by atoms with Crippen molar-refractivity contribution in [3.05, 3.63) is 54.2 Å². The summed E-state index contributed by atoms with van der Waals surface area (Å²) >= 11 is 0. The number of piperidine rings is 1. The molecule has 2 saturated heterocycles. The van der Waals surface area contributed by atoms with E-state index in [0.29, 0.717) is 32.4 Å². The van der Waals surface area contributed by atoms with E-state index in [2.05, 4.69) is 10.3 Å². The third kappa shape index (κ3) is 5.14. The fourth-order valence-corrected chi connectivity index (χ4v) is 4.56. The van der Waals surface area contributed by atoms with Crippen molar-refractivity contribution < 1.29 is 23.5 Å². The third-order valence-corrected chi connectivity index (χ3v) is 6.26. The first-order valence-corrected chi connectivity index (χ1v) is 11.7. The fourth-order valence-electron chi connectivity index (χ4n) is 4.56. The zero-order valence-electron chi connectivity index (χ0n) is 20.0. The van der Waals surface area contributed by atoms with Gasteiger partial charge in [-0.1, -0.05) is 26.8 Å². The first kappa shape index (κ1) is 23.9. The predicted molar refractivity (Wildman–Crippen MR) is 123 cm³/mol. The summed E-state index contributed by atoms with van der Waals surface area (Å²) in [6.07, 6.45) is 4.41. The normalized spacial score (nSPS) is 19.9. The van der Waals surface area contributed by atoms with E-state index in [9.17, 15) is 14.4 Å². The SMILES string of the molecule is CC(C)(C)CC(=O)N1CCC2(CC1)OCC(C(=O)NCc1ccccn1)N2C(=O)c1ccco1. The summed E-state index contributed by atoms with van der Waals surface area (Å²) in [7, 11) is 0. The number of hydrogen-bond acceptors (Lipinski definition) is 6. The lowest BCUT2D eigenvalue weighted by atomic mass is 9.90. The van der Waals surface area contributed by atoms with E-state index in [-0.39, 0.29) is 36.1 Å². The molecule has 2 aromatic rings. The molecule has 0 bridgehead atoms. The largest absolute Gasteiger partial charge is 0.459 e. The topological polar surface area (TPSA) is 105 Å². The number of aromatic nitrogens is 1. The zero-order valence-corrected chi connectivity index (χ0v) is 20.0. The van der Waals surface area contributed by atoms with E-state index in [1.54, 1.807) is 18.3 Å². The summed E-state index contributed by atoms with van der Waals surface area (Å²) in [5, 5.41) is 2.88. The average molecular weight is 469 g/mol. The molecule has 9 heteroatoms. The maximum Gasteiger partial charge on any atom is 0.292 e. The molecule has 182 valence electrons. The van der Waals surface area contributed by atoms with E-state index in [1.165, 1.54) is 11.2 Å². The van der Waals surface area contributed by atoms with Gasteiger partial charge in [-0.05, 0) is 29.7 Å². The van der Waals surface area contributed by atoms with Gasteiger partial charge in [0.15, 0.2) is 5.76 Å². The molecule has 1 N–H and O–H groups in total. The number of likely N-dealkylation sites (tertiary alicyclic amines) is 1. The molecule has 1 unspecified atom stereocenters. The van der Waals surface area contributed by atoms with Crippen molar-refractivity contribution in [3.63, 3.8) is 0 Å². The summed E-state index contributed by atoms with van der Waals surface area (Å²) in [5.74, 6) is -0.462. The Labute approximate surface area is 199 Å². The van der Waals surface area contributed by atoms with Crippen molar-refractivity contribution in [2.45, 2.75) is 58.3 Å². The second kappa shape index (κ2) is 9.58. The number of carbonyl (C=O) groups is 3. The maximum absolute atomic E-state index is 13.5. The fraction of sp³-hybridized carbons (Fsp3) is 0.520. The Hall–Kier alpha value is -3.20. The molecule has 9 nitrogen and oxygen atoms in total. The van der Waals surface area contributed by atoms with Gasteiger partial charge in [0.05, 0.1) is 25.1 Å². The predicted octanol–water partition coefficient (Wildman–Crippen LogP) is 2.59. The Morgan fingerprint density at radius 2 is 1.91 bits per heavy atom. The van der Waals surface area contributed by atoms with Crippen molar-refractivity contribution in [2.24, 2.45) is 5.41 Å². The molecule has 4 rings (SSSR count). The Kier molecular flexibility index (Phi) is 6.74. The van der Waals surface area contributed by atoms with Crippen LogP contribution in [-0.2, 0) is 20.9 Å². The van der Waals surface area contributed by atoms with Gasteiger partial charge in [-0.15, -0.1) is 0 Å². The highest BCUT2D eigenvalue weighted by Gasteiger charge is 2.54. The quantitative estimate of drug-likeness (QED) is 0.723. The van der Waals surface area contributed by atoms with Crippen LogP contribution in [0.1, 0.15) is 56.3 Å². The zero-order chi connectivity index (χ0) is 24.3. The summed E-state index contributed by atoms with van der Waals surface area (Å²) in [4.78, 5) is 46.9. The molecular formula is C25H32N4O5. The van der Waals surface area contributed by atoms with Crippen LogP contribution in [0.4, 0.5) is 0 Å². The van der Waals surface area contributed by atoms with Gasteiger partial charge in [-0.2, -0.15) is 0 Å². The van der Waals surface area contributed by atoms with E-state index >= 15 is 0 Å². The molecule has 0 aliphatic carbocycles. The molecule has 2 fully saturated rings. The number of nitrogens with one attached hydrogen (secondary N) is 1. The molecule has 34 heavy (non-hydrogen) atoms. The third-order valence-electron chi connectivity index (χ3n) is 6.26. The van der Waals surface area contributed by atoms with Crippen LogP contribution < -0.4 is 5.32 Å². The Balaban J connectivity index is 1.50. The molecule has 0 aromatic carbocycles. The first-order valence-electron chi connectivity index (χ1n) is 11.7. The lowest BCUT2D eigenvalue weighted by molar-refractivity contribution is -0.145. The second-order valence-electron chi connectivity index (χ2n) is 10.1. The number of carbonyl (C=O) groups excluding carboxylic acids is 3. The van der Waals surface area contributed by atoms with Gasteiger partial charge in [-0.3, -0.25) is 24.3 Å². The molecule has 0 radical (unpaired) electrons. The number of pyridine rings is 1. The molecule has 0 saturated carbocycles.